The maximum absolute atomic E-state index is 12.6. The third-order valence-electron chi connectivity index (χ3n) is 3.79. The second-order valence-corrected chi connectivity index (χ2v) is 5.70. The van der Waals surface area contributed by atoms with Crippen molar-refractivity contribution in [2.45, 2.75) is 6.42 Å². The first kappa shape index (κ1) is 14.0. The average Bonchev–Trinajstić information content (AvgIpc) is 2.48. The number of hydrogen-bond donors (Lipinski definition) is 0. The van der Waals surface area contributed by atoms with Crippen LogP contribution in [0.5, 0.6) is 0 Å². The van der Waals surface area contributed by atoms with E-state index in [4.69, 9.17) is 11.6 Å². The predicted octanol–water partition coefficient (Wildman–Crippen LogP) is 3.37. The highest BCUT2D eigenvalue weighted by Crippen LogP contribution is 2.32. The molecule has 1 aliphatic heterocycles. The van der Waals surface area contributed by atoms with Gasteiger partial charge in [0.05, 0.1) is 17.8 Å². The number of rotatable bonds is 2. The SMILES string of the molecule is CN1CCN(C(=O)Cc2cccc(Cl)c2)c2ccccc21. The molecule has 1 amide bonds. The molecule has 1 aliphatic rings. The maximum Gasteiger partial charge on any atom is 0.231 e. The molecule has 1 heterocycles. The van der Waals surface area contributed by atoms with Crippen molar-refractivity contribution in [3.05, 3.63) is 59.1 Å². The van der Waals surface area contributed by atoms with Gasteiger partial charge in [-0.3, -0.25) is 4.79 Å². The summed E-state index contributed by atoms with van der Waals surface area (Å²) in [5.74, 6) is 0.109. The largest absolute Gasteiger partial charge is 0.371 e. The fraction of sp³-hybridized carbons (Fsp3) is 0.235. The number of fused-ring (bicyclic) bond motifs is 1. The Morgan fingerprint density at radius 3 is 2.62 bits per heavy atom. The van der Waals surface area contributed by atoms with E-state index in [1.54, 1.807) is 0 Å². The molecule has 0 aromatic heterocycles. The number of para-hydroxylation sites is 2. The van der Waals surface area contributed by atoms with Gasteiger partial charge in [-0.25, -0.2) is 0 Å². The van der Waals surface area contributed by atoms with Crippen LogP contribution in [-0.4, -0.2) is 26.0 Å². The van der Waals surface area contributed by atoms with Crippen molar-refractivity contribution < 1.29 is 4.79 Å². The van der Waals surface area contributed by atoms with Crippen molar-refractivity contribution in [3.63, 3.8) is 0 Å². The van der Waals surface area contributed by atoms with Crippen LogP contribution in [-0.2, 0) is 11.2 Å². The Hall–Kier alpha value is -2.00. The van der Waals surface area contributed by atoms with Gasteiger partial charge in [0, 0.05) is 25.2 Å². The Bertz CT molecular complexity index is 671. The van der Waals surface area contributed by atoms with Crippen LogP contribution in [0.3, 0.4) is 0 Å². The number of amides is 1. The quantitative estimate of drug-likeness (QED) is 0.849. The molecule has 4 heteroatoms. The molecule has 0 saturated heterocycles. The topological polar surface area (TPSA) is 23.6 Å². The summed E-state index contributed by atoms with van der Waals surface area (Å²) in [6, 6.07) is 15.5. The van der Waals surface area contributed by atoms with Crippen LogP contribution in [0.4, 0.5) is 11.4 Å². The van der Waals surface area contributed by atoms with Crippen molar-refractivity contribution in [2.24, 2.45) is 0 Å². The summed E-state index contributed by atoms with van der Waals surface area (Å²) in [4.78, 5) is 16.7. The maximum atomic E-state index is 12.6. The molecule has 0 spiro atoms. The number of carbonyl (C=O) groups excluding carboxylic acids is 1. The second kappa shape index (κ2) is 5.78. The van der Waals surface area contributed by atoms with E-state index in [9.17, 15) is 4.79 Å². The molecule has 108 valence electrons. The molecule has 0 bridgehead atoms. The molecule has 0 fully saturated rings. The highest BCUT2D eigenvalue weighted by molar-refractivity contribution is 6.30. The lowest BCUT2D eigenvalue weighted by Crippen LogP contribution is -2.43. The van der Waals surface area contributed by atoms with Crippen LogP contribution >= 0.6 is 11.6 Å². The number of hydrogen-bond acceptors (Lipinski definition) is 2. The molecular weight excluding hydrogens is 284 g/mol. The predicted molar refractivity (Wildman–Crippen MR) is 87.2 cm³/mol. The Labute approximate surface area is 129 Å². The molecule has 2 aromatic carbocycles. The van der Waals surface area contributed by atoms with Gasteiger partial charge in [-0.05, 0) is 29.8 Å². The average molecular weight is 301 g/mol. The fourth-order valence-electron chi connectivity index (χ4n) is 2.68. The normalized spacial score (nSPS) is 14.0. The molecule has 0 atom stereocenters. The van der Waals surface area contributed by atoms with Crippen LogP contribution in [0.15, 0.2) is 48.5 Å². The van der Waals surface area contributed by atoms with Gasteiger partial charge >= 0.3 is 0 Å². The number of halogens is 1. The van der Waals surface area contributed by atoms with Gasteiger partial charge < -0.3 is 9.80 Å². The van der Waals surface area contributed by atoms with Crippen LogP contribution in [0.25, 0.3) is 0 Å². The summed E-state index contributed by atoms with van der Waals surface area (Å²) >= 11 is 5.98. The third kappa shape index (κ3) is 2.88. The van der Waals surface area contributed by atoms with Gasteiger partial charge in [0.15, 0.2) is 0 Å². The van der Waals surface area contributed by atoms with Crippen LogP contribution in [0.2, 0.25) is 5.02 Å². The second-order valence-electron chi connectivity index (χ2n) is 5.26. The molecule has 0 aliphatic carbocycles. The number of likely N-dealkylation sites (N-methyl/N-ethyl adjacent to an activating group) is 1. The zero-order valence-electron chi connectivity index (χ0n) is 11.9. The minimum atomic E-state index is 0.109. The zero-order chi connectivity index (χ0) is 14.8. The summed E-state index contributed by atoms with van der Waals surface area (Å²) in [6.45, 7) is 1.56. The minimum absolute atomic E-state index is 0.109. The number of benzene rings is 2. The van der Waals surface area contributed by atoms with Crippen LogP contribution in [0, 0.1) is 0 Å². The Morgan fingerprint density at radius 2 is 1.86 bits per heavy atom. The van der Waals surface area contributed by atoms with Gasteiger partial charge in [-0.1, -0.05) is 35.9 Å². The van der Waals surface area contributed by atoms with E-state index in [1.807, 2.05) is 53.4 Å². The summed E-state index contributed by atoms with van der Waals surface area (Å²) < 4.78 is 0. The van der Waals surface area contributed by atoms with Gasteiger partial charge in [0.1, 0.15) is 0 Å². The lowest BCUT2D eigenvalue weighted by atomic mass is 10.1. The molecule has 3 rings (SSSR count). The van der Waals surface area contributed by atoms with Crippen molar-refractivity contribution in [1.82, 2.24) is 0 Å². The van der Waals surface area contributed by atoms with E-state index < -0.39 is 0 Å². The van der Waals surface area contributed by atoms with E-state index in [-0.39, 0.29) is 5.91 Å². The first-order valence-corrected chi connectivity index (χ1v) is 7.38. The molecule has 21 heavy (non-hydrogen) atoms. The molecule has 0 saturated carbocycles. The van der Waals surface area contributed by atoms with E-state index in [1.165, 1.54) is 0 Å². The Kier molecular flexibility index (Phi) is 3.84. The lowest BCUT2D eigenvalue weighted by Gasteiger charge is -2.35. The standard InChI is InChI=1S/C17H17ClN2O/c1-19-9-10-20(16-8-3-2-7-15(16)19)17(21)12-13-5-4-6-14(18)11-13/h2-8,11H,9-10,12H2,1H3. The highest BCUT2D eigenvalue weighted by Gasteiger charge is 2.24. The van der Waals surface area contributed by atoms with Gasteiger partial charge in [0.25, 0.3) is 0 Å². The highest BCUT2D eigenvalue weighted by atomic mass is 35.5. The van der Waals surface area contributed by atoms with Crippen molar-refractivity contribution in [2.75, 3.05) is 29.9 Å². The summed E-state index contributed by atoms with van der Waals surface area (Å²) in [6.07, 6.45) is 0.374. The van der Waals surface area contributed by atoms with E-state index in [0.717, 1.165) is 23.5 Å². The molecule has 0 N–H and O–H groups in total. The smallest absolute Gasteiger partial charge is 0.231 e. The molecule has 2 aromatic rings. The summed E-state index contributed by atoms with van der Waals surface area (Å²) in [7, 11) is 2.05. The Morgan fingerprint density at radius 1 is 1.10 bits per heavy atom. The van der Waals surface area contributed by atoms with Crippen LogP contribution in [0.1, 0.15) is 5.56 Å². The number of carbonyl (C=O) groups is 1. The summed E-state index contributed by atoms with van der Waals surface area (Å²) in [5, 5.41) is 0.666. The fourth-order valence-corrected chi connectivity index (χ4v) is 2.90. The molecule has 3 nitrogen and oxygen atoms in total. The third-order valence-corrected chi connectivity index (χ3v) is 4.02. The lowest BCUT2D eigenvalue weighted by molar-refractivity contribution is -0.118. The van der Waals surface area contributed by atoms with Gasteiger partial charge in [-0.15, -0.1) is 0 Å². The first-order valence-electron chi connectivity index (χ1n) is 7.00. The molecule has 0 unspecified atom stereocenters. The molecular formula is C17H17ClN2O. The van der Waals surface area contributed by atoms with E-state index in [0.29, 0.717) is 18.0 Å². The summed E-state index contributed by atoms with van der Waals surface area (Å²) in [5.41, 5.74) is 3.03. The van der Waals surface area contributed by atoms with Crippen molar-refractivity contribution in [1.29, 1.82) is 0 Å². The van der Waals surface area contributed by atoms with Crippen LogP contribution < -0.4 is 9.80 Å². The van der Waals surface area contributed by atoms with Gasteiger partial charge in [-0.2, -0.15) is 0 Å². The zero-order valence-corrected chi connectivity index (χ0v) is 12.7. The number of anilines is 2. The van der Waals surface area contributed by atoms with E-state index in [2.05, 4.69) is 11.9 Å². The monoisotopic (exact) mass is 300 g/mol. The van der Waals surface area contributed by atoms with Crippen molar-refractivity contribution >= 4 is 28.9 Å². The number of nitrogens with zero attached hydrogens (tertiary/aromatic N) is 2. The molecule has 0 radical (unpaired) electrons. The van der Waals surface area contributed by atoms with Gasteiger partial charge in [0.2, 0.25) is 5.91 Å². The van der Waals surface area contributed by atoms with Crippen molar-refractivity contribution in [3.8, 4) is 0 Å². The Balaban J connectivity index is 1.84. The van der Waals surface area contributed by atoms with E-state index >= 15 is 0 Å². The minimum Gasteiger partial charge on any atom is -0.371 e. The first-order chi connectivity index (χ1) is 10.1.